The maximum Gasteiger partial charge on any atom is 0.262 e. The van der Waals surface area contributed by atoms with Gasteiger partial charge in [0.1, 0.15) is 17.6 Å². The summed E-state index contributed by atoms with van der Waals surface area (Å²) in [7, 11) is 0. The number of furan rings is 1. The first-order chi connectivity index (χ1) is 10.9. The third-order valence-electron chi connectivity index (χ3n) is 3.53. The fourth-order valence-corrected chi connectivity index (χ4v) is 2.84. The van der Waals surface area contributed by atoms with Gasteiger partial charge in [-0.25, -0.2) is 0 Å². The van der Waals surface area contributed by atoms with Crippen LogP contribution >= 0.6 is 11.3 Å². The van der Waals surface area contributed by atoms with Crippen LogP contribution in [0, 0.1) is 12.8 Å². The average Bonchev–Trinajstić information content (AvgIpc) is 3.14. The van der Waals surface area contributed by atoms with E-state index in [2.05, 4.69) is 10.6 Å². The molecule has 0 aliphatic carbocycles. The van der Waals surface area contributed by atoms with E-state index < -0.39 is 6.04 Å². The van der Waals surface area contributed by atoms with Crippen molar-refractivity contribution in [2.75, 3.05) is 0 Å². The summed E-state index contributed by atoms with van der Waals surface area (Å²) in [6.07, 6.45) is 0. The number of nitrogens with one attached hydrogen (secondary N) is 2. The largest absolute Gasteiger partial charge is 0.464 e. The molecule has 0 saturated carbocycles. The van der Waals surface area contributed by atoms with Gasteiger partial charge in [-0.15, -0.1) is 11.3 Å². The van der Waals surface area contributed by atoms with E-state index in [1.165, 1.54) is 11.3 Å². The van der Waals surface area contributed by atoms with Crippen LogP contribution in [-0.2, 0) is 4.79 Å². The molecule has 0 bridgehead atoms. The Morgan fingerprint density at radius 2 is 1.87 bits per heavy atom. The summed E-state index contributed by atoms with van der Waals surface area (Å²) in [5.41, 5.74) is 0. The highest BCUT2D eigenvalue weighted by atomic mass is 32.1. The van der Waals surface area contributed by atoms with Crippen molar-refractivity contribution in [3.05, 3.63) is 46.0 Å². The standard InChI is InChI=1S/C17H22N2O3S/c1-10(2)15(19-16(20)14-6-5-9-23-14)17(21)18-12(4)13-8-7-11(3)22-13/h5-10,12,15H,1-4H3,(H,18,21)(H,19,20). The van der Waals surface area contributed by atoms with Crippen LogP contribution in [0.15, 0.2) is 34.1 Å². The SMILES string of the molecule is Cc1ccc(C(C)NC(=O)C(NC(=O)c2cccs2)C(C)C)o1. The fourth-order valence-electron chi connectivity index (χ4n) is 2.22. The molecule has 2 atom stereocenters. The normalized spacial score (nSPS) is 13.6. The Morgan fingerprint density at radius 3 is 2.39 bits per heavy atom. The molecule has 2 amide bonds. The monoisotopic (exact) mass is 334 g/mol. The van der Waals surface area contributed by atoms with Crippen LogP contribution in [-0.4, -0.2) is 17.9 Å². The summed E-state index contributed by atoms with van der Waals surface area (Å²) in [5, 5.41) is 7.54. The van der Waals surface area contributed by atoms with Crippen molar-refractivity contribution < 1.29 is 14.0 Å². The topological polar surface area (TPSA) is 71.3 Å². The minimum Gasteiger partial charge on any atom is -0.464 e. The van der Waals surface area contributed by atoms with Crippen molar-refractivity contribution in [1.82, 2.24) is 10.6 Å². The van der Waals surface area contributed by atoms with Crippen LogP contribution in [0.3, 0.4) is 0 Å². The molecule has 124 valence electrons. The maximum atomic E-state index is 12.5. The second-order valence-electron chi connectivity index (χ2n) is 5.85. The highest BCUT2D eigenvalue weighted by Crippen LogP contribution is 2.16. The van der Waals surface area contributed by atoms with Gasteiger partial charge in [-0.1, -0.05) is 19.9 Å². The molecule has 2 heterocycles. The molecule has 6 heteroatoms. The van der Waals surface area contributed by atoms with Crippen LogP contribution in [0.2, 0.25) is 0 Å². The molecule has 0 aromatic carbocycles. The van der Waals surface area contributed by atoms with E-state index >= 15 is 0 Å². The summed E-state index contributed by atoms with van der Waals surface area (Å²) in [4.78, 5) is 25.3. The molecule has 0 radical (unpaired) electrons. The Labute approximate surface area is 140 Å². The highest BCUT2D eigenvalue weighted by Gasteiger charge is 2.26. The van der Waals surface area contributed by atoms with Crippen LogP contribution in [0.1, 0.15) is 48.0 Å². The first-order valence-corrected chi connectivity index (χ1v) is 8.47. The number of aryl methyl sites for hydroxylation is 1. The summed E-state index contributed by atoms with van der Waals surface area (Å²) in [5.74, 6) is 1.03. The van der Waals surface area contributed by atoms with E-state index in [0.29, 0.717) is 10.6 Å². The van der Waals surface area contributed by atoms with E-state index in [0.717, 1.165) is 5.76 Å². The van der Waals surface area contributed by atoms with E-state index in [1.54, 1.807) is 6.07 Å². The van der Waals surface area contributed by atoms with Crippen LogP contribution in [0.4, 0.5) is 0 Å². The lowest BCUT2D eigenvalue weighted by molar-refractivity contribution is -0.124. The van der Waals surface area contributed by atoms with Gasteiger partial charge in [0, 0.05) is 0 Å². The summed E-state index contributed by atoms with van der Waals surface area (Å²) < 4.78 is 5.53. The number of rotatable bonds is 6. The van der Waals surface area contributed by atoms with E-state index in [9.17, 15) is 9.59 Å². The number of amides is 2. The Morgan fingerprint density at radius 1 is 1.13 bits per heavy atom. The highest BCUT2D eigenvalue weighted by molar-refractivity contribution is 7.12. The smallest absolute Gasteiger partial charge is 0.262 e. The van der Waals surface area contributed by atoms with Crippen LogP contribution in [0.25, 0.3) is 0 Å². The van der Waals surface area contributed by atoms with Gasteiger partial charge in [0.15, 0.2) is 0 Å². The first kappa shape index (κ1) is 17.3. The fraction of sp³-hybridized carbons (Fsp3) is 0.412. The van der Waals surface area contributed by atoms with Crippen LogP contribution in [0.5, 0.6) is 0 Å². The summed E-state index contributed by atoms with van der Waals surface area (Å²) in [6.45, 7) is 7.52. The van der Waals surface area contributed by atoms with Gasteiger partial charge in [0.05, 0.1) is 10.9 Å². The lowest BCUT2D eigenvalue weighted by atomic mass is 10.0. The first-order valence-electron chi connectivity index (χ1n) is 7.59. The van der Waals surface area contributed by atoms with Crippen molar-refractivity contribution in [3.8, 4) is 0 Å². The van der Waals surface area contributed by atoms with Gasteiger partial charge in [0.2, 0.25) is 5.91 Å². The minimum atomic E-state index is -0.594. The second kappa shape index (κ2) is 7.46. The van der Waals surface area contributed by atoms with Gasteiger partial charge >= 0.3 is 0 Å². The Bertz CT molecular complexity index is 661. The van der Waals surface area contributed by atoms with Crippen molar-refractivity contribution in [2.24, 2.45) is 5.92 Å². The lowest BCUT2D eigenvalue weighted by Crippen LogP contribution is -2.50. The Hall–Kier alpha value is -2.08. The number of hydrogen-bond donors (Lipinski definition) is 2. The Kier molecular flexibility index (Phi) is 5.60. The molecule has 2 unspecified atom stereocenters. The van der Waals surface area contributed by atoms with Gasteiger partial charge in [0.25, 0.3) is 5.91 Å². The quantitative estimate of drug-likeness (QED) is 0.851. The zero-order valence-corrected chi connectivity index (χ0v) is 14.6. The predicted molar refractivity (Wildman–Crippen MR) is 90.4 cm³/mol. The van der Waals surface area contributed by atoms with Crippen molar-refractivity contribution >= 4 is 23.2 Å². The molecule has 0 fully saturated rings. The number of hydrogen-bond acceptors (Lipinski definition) is 4. The number of carbonyl (C=O) groups is 2. The molecule has 2 aromatic heterocycles. The van der Waals surface area contributed by atoms with Gasteiger partial charge < -0.3 is 15.1 Å². The van der Waals surface area contributed by atoms with E-state index in [1.807, 2.05) is 51.3 Å². The summed E-state index contributed by atoms with van der Waals surface area (Å²) in [6, 6.07) is 6.40. The molecule has 2 aromatic rings. The van der Waals surface area contributed by atoms with Crippen LogP contribution < -0.4 is 10.6 Å². The third kappa shape index (κ3) is 4.45. The molecular formula is C17H22N2O3S. The lowest BCUT2D eigenvalue weighted by Gasteiger charge is -2.23. The minimum absolute atomic E-state index is 0.0237. The molecular weight excluding hydrogens is 312 g/mol. The molecule has 2 N–H and O–H groups in total. The molecule has 0 spiro atoms. The van der Waals surface area contributed by atoms with E-state index in [4.69, 9.17) is 4.42 Å². The van der Waals surface area contributed by atoms with E-state index in [-0.39, 0.29) is 23.8 Å². The maximum absolute atomic E-state index is 12.5. The number of thiophene rings is 1. The Balaban J connectivity index is 2.02. The predicted octanol–water partition coefficient (Wildman–Crippen LogP) is 3.28. The number of carbonyl (C=O) groups excluding carboxylic acids is 2. The molecule has 0 aliphatic rings. The molecule has 2 rings (SSSR count). The van der Waals surface area contributed by atoms with Gasteiger partial charge in [-0.05, 0) is 43.3 Å². The molecule has 0 saturated heterocycles. The van der Waals surface area contributed by atoms with Gasteiger partial charge in [-0.2, -0.15) is 0 Å². The average molecular weight is 334 g/mol. The molecule has 0 aliphatic heterocycles. The zero-order valence-electron chi connectivity index (χ0n) is 13.8. The summed E-state index contributed by atoms with van der Waals surface area (Å²) >= 11 is 1.35. The van der Waals surface area contributed by atoms with Crippen molar-refractivity contribution in [1.29, 1.82) is 0 Å². The van der Waals surface area contributed by atoms with Gasteiger partial charge in [-0.3, -0.25) is 9.59 Å². The van der Waals surface area contributed by atoms with Crippen molar-refractivity contribution in [2.45, 2.75) is 39.8 Å². The second-order valence-corrected chi connectivity index (χ2v) is 6.80. The zero-order chi connectivity index (χ0) is 17.0. The molecule has 23 heavy (non-hydrogen) atoms. The third-order valence-corrected chi connectivity index (χ3v) is 4.40. The molecule has 5 nitrogen and oxygen atoms in total. The van der Waals surface area contributed by atoms with Crippen molar-refractivity contribution in [3.63, 3.8) is 0 Å².